The zero-order valence-electron chi connectivity index (χ0n) is 11.8. The number of hydrogen-bond acceptors (Lipinski definition) is 1. The van der Waals surface area contributed by atoms with E-state index in [0.29, 0.717) is 6.42 Å². The Morgan fingerprint density at radius 3 is 2.15 bits per heavy atom. The van der Waals surface area contributed by atoms with Crippen LogP contribution < -0.4 is 0 Å². The molecule has 0 spiro atoms. The summed E-state index contributed by atoms with van der Waals surface area (Å²) in [5.74, 6) is -5.69. The van der Waals surface area contributed by atoms with Crippen LogP contribution in [0.15, 0.2) is 48.6 Å². The minimum absolute atomic E-state index is 0.0643. The fourth-order valence-corrected chi connectivity index (χ4v) is 1.31. The average Bonchev–Trinajstić information content (AvgIpc) is 2.39. The van der Waals surface area contributed by atoms with Gasteiger partial charge in [-0.25, -0.2) is 4.79 Å². The number of allylic oxidation sites excluding steroid dienone is 8. The van der Waals surface area contributed by atoms with Gasteiger partial charge in [-0.05, 0) is 25.7 Å². The topological polar surface area (TPSA) is 37.3 Å². The van der Waals surface area contributed by atoms with E-state index < -0.39 is 18.3 Å². The number of rotatable bonds is 10. The molecule has 0 aromatic heterocycles. The van der Waals surface area contributed by atoms with Crippen molar-refractivity contribution in [2.75, 3.05) is 0 Å². The summed E-state index contributed by atoms with van der Waals surface area (Å²) in [5.41, 5.74) is 0. The number of carboxylic acids is 1. The molecule has 0 saturated carbocycles. The first-order valence-electron chi connectivity index (χ1n) is 6.73. The Kier molecular flexibility index (Phi) is 10.2. The number of alkyl halides is 2. The van der Waals surface area contributed by atoms with Gasteiger partial charge in [0, 0.05) is 6.42 Å². The Balaban J connectivity index is 3.69. The summed E-state index contributed by atoms with van der Waals surface area (Å²) in [6, 6.07) is 0. The third-order valence-corrected chi connectivity index (χ3v) is 2.43. The van der Waals surface area contributed by atoms with Gasteiger partial charge in [-0.1, -0.05) is 55.5 Å². The number of carboxylic acid groups (broad SMARTS) is 1. The van der Waals surface area contributed by atoms with Crippen molar-refractivity contribution < 1.29 is 18.7 Å². The molecule has 0 saturated heterocycles. The summed E-state index contributed by atoms with van der Waals surface area (Å²) in [7, 11) is 0. The van der Waals surface area contributed by atoms with Crippen LogP contribution in [0.2, 0.25) is 0 Å². The van der Waals surface area contributed by atoms with E-state index in [4.69, 9.17) is 5.11 Å². The molecule has 0 aromatic carbocycles. The van der Waals surface area contributed by atoms with E-state index in [1.807, 2.05) is 30.4 Å². The zero-order valence-corrected chi connectivity index (χ0v) is 11.8. The maximum Gasteiger partial charge on any atom is 0.374 e. The van der Waals surface area contributed by atoms with E-state index >= 15 is 0 Å². The Morgan fingerprint density at radius 2 is 1.55 bits per heavy atom. The fourth-order valence-electron chi connectivity index (χ4n) is 1.31. The summed E-state index contributed by atoms with van der Waals surface area (Å²) < 4.78 is 25.4. The summed E-state index contributed by atoms with van der Waals surface area (Å²) in [5, 5.41) is 8.22. The van der Waals surface area contributed by atoms with Gasteiger partial charge < -0.3 is 5.11 Å². The van der Waals surface area contributed by atoms with Gasteiger partial charge in [-0.3, -0.25) is 0 Å². The molecule has 0 rings (SSSR count). The summed E-state index contributed by atoms with van der Waals surface area (Å²) in [4.78, 5) is 10.2. The van der Waals surface area contributed by atoms with Crippen LogP contribution in [0.25, 0.3) is 0 Å². The fraction of sp³-hybridized carbons (Fsp3) is 0.438. The summed E-state index contributed by atoms with van der Waals surface area (Å²) >= 11 is 0. The molecule has 0 aliphatic carbocycles. The maximum atomic E-state index is 12.7. The largest absolute Gasteiger partial charge is 0.477 e. The minimum atomic E-state index is -3.63. The number of hydrogen-bond donors (Lipinski definition) is 1. The molecule has 0 unspecified atom stereocenters. The van der Waals surface area contributed by atoms with Gasteiger partial charge in [0.05, 0.1) is 0 Å². The quantitative estimate of drug-likeness (QED) is 0.457. The van der Waals surface area contributed by atoms with Crippen LogP contribution in [0.5, 0.6) is 0 Å². The predicted molar refractivity (Wildman–Crippen MR) is 77.9 cm³/mol. The second kappa shape index (κ2) is 11.1. The van der Waals surface area contributed by atoms with Gasteiger partial charge in [-0.15, -0.1) is 0 Å². The van der Waals surface area contributed by atoms with E-state index in [1.165, 1.54) is 0 Å². The van der Waals surface area contributed by atoms with E-state index in [1.54, 1.807) is 12.2 Å². The molecule has 0 radical (unpaired) electrons. The van der Waals surface area contributed by atoms with E-state index in [-0.39, 0.29) is 6.42 Å². The maximum absolute atomic E-state index is 12.7. The number of aliphatic carboxylic acids is 1. The highest BCUT2D eigenvalue weighted by Gasteiger charge is 2.37. The SMILES string of the molecule is CC/C=C/C=C\C/C=C\C/C=C\CCC(F)(F)C(=O)O. The lowest BCUT2D eigenvalue weighted by molar-refractivity contribution is -0.165. The van der Waals surface area contributed by atoms with Crippen LogP contribution in [-0.4, -0.2) is 17.0 Å². The van der Waals surface area contributed by atoms with Crippen molar-refractivity contribution in [2.45, 2.75) is 45.0 Å². The molecule has 0 aliphatic rings. The highest BCUT2D eigenvalue weighted by atomic mass is 19.3. The molecule has 0 fully saturated rings. The van der Waals surface area contributed by atoms with Gasteiger partial charge in [0.2, 0.25) is 0 Å². The lowest BCUT2D eigenvalue weighted by atomic mass is 10.1. The smallest absolute Gasteiger partial charge is 0.374 e. The molecule has 0 amide bonds. The molecule has 112 valence electrons. The molecule has 20 heavy (non-hydrogen) atoms. The van der Waals surface area contributed by atoms with E-state index in [2.05, 4.69) is 13.0 Å². The minimum Gasteiger partial charge on any atom is -0.477 e. The van der Waals surface area contributed by atoms with Crippen LogP contribution >= 0.6 is 0 Å². The van der Waals surface area contributed by atoms with Crippen LogP contribution in [0, 0.1) is 0 Å². The Labute approximate surface area is 119 Å². The Bertz CT molecular complexity index is 380. The first-order chi connectivity index (χ1) is 9.50. The molecule has 0 bridgehead atoms. The first-order valence-corrected chi connectivity index (χ1v) is 6.73. The van der Waals surface area contributed by atoms with Gasteiger partial charge in [-0.2, -0.15) is 8.78 Å². The average molecular weight is 284 g/mol. The van der Waals surface area contributed by atoms with Crippen molar-refractivity contribution in [3.05, 3.63) is 48.6 Å². The van der Waals surface area contributed by atoms with E-state index in [9.17, 15) is 13.6 Å². The van der Waals surface area contributed by atoms with Crippen molar-refractivity contribution >= 4 is 5.97 Å². The lowest BCUT2D eigenvalue weighted by Crippen LogP contribution is -2.27. The summed E-state index contributed by atoms with van der Waals surface area (Å²) in [6.45, 7) is 2.07. The predicted octanol–water partition coefficient (Wildman–Crippen LogP) is 4.90. The molecule has 1 N–H and O–H groups in total. The molecular formula is C16H22F2O2. The van der Waals surface area contributed by atoms with Crippen molar-refractivity contribution in [1.82, 2.24) is 0 Å². The second-order valence-electron chi connectivity index (χ2n) is 4.23. The standard InChI is InChI=1S/C16H22F2O2/c1-2-3-4-5-6-7-8-9-10-11-12-13-14-16(17,18)15(19)20/h3-6,8-9,11-12H,2,7,10,13-14H2,1H3,(H,19,20)/b4-3+,6-5-,9-8-,12-11-. The summed E-state index contributed by atoms with van der Waals surface area (Å²) in [6.07, 6.45) is 17.3. The lowest BCUT2D eigenvalue weighted by Gasteiger charge is -2.08. The third-order valence-electron chi connectivity index (χ3n) is 2.43. The molecule has 2 nitrogen and oxygen atoms in total. The molecule has 0 aliphatic heterocycles. The monoisotopic (exact) mass is 284 g/mol. The second-order valence-corrected chi connectivity index (χ2v) is 4.23. The molecule has 4 heteroatoms. The van der Waals surface area contributed by atoms with Crippen LogP contribution in [0.3, 0.4) is 0 Å². The van der Waals surface area contributed by atoms with Crippen LogP contribution in [-0.2, 0) is 4.79 Å². The van der Waals surface area contributed by atoms with E-state index in [0.717, 1.165) is 12.8 Å². The highest BCUT2D eigenvalue weighted by molar-refractivity contribution is 5.75. The van der Waals surface area contributed by atoms with Gasteiger partial charge >= 0.3 is 11.9 Å². The number of halogens is 2. The van der Waals surface area contributed by atoms with Crippen LogP contribution in [0.4, 0.5) is 8.78 Å². The molecule has 0 heterocycles. The van der Waals surface area contributed by atoms with Gasteiger partial charge in [0.25, 0.3) is 0 Å². The van der Waals surface area contributed by atoms with Crippen molar-refractivity contribution in [1.29, 1.82) is 0 Å². The van der Waals surface area contributed by atoms with Crippen molar-refractivity contribution in [3.8, 4) is 0 Å². The highest BCUT2D eigenvalue weighted by Crippen LogP contribution is 2.20. The Hall–Kier alpha value is -1.71. The van der Waals surface area contributed by atoms with Crippen LogP contribution in [0.1, 0.15) is 39.0 Å². The molecular weight excluding hydrogens is 262 g/mol. The van der Waals surface area contributed by atoms with Crippen molar-refractivity contribution in [2.24, 2.45) is 0 Å². The molecule has 0 atom stereocenters. The Morgan fingerprint density at radius 1 is 1.00 bits per heavy atom. The molecule has 0 aromatic rings. The normalized spacial score (nSPS) is 13.3. The third kappa shape index (κ3) is 10.2. The first kappa shape index (κ1) is 18.3. The zero-order chi connectivity index (χ0) is 15.3. The number of carbonyl (C=O) groups is 1. The van der Waals surface area contributed by atoms with Gasteiger partial charge in [0.1, 0.15) is 0 Å². The van der Waals surface area contributed by atoms with Gasteiger partial charge in [0.15, 0.2) is 0 Å². The van der Waals surface area contributed by atoms with Crippen molar-refractivity contribution in [3.63, 3.8) is 0 Å².